The highest BCUT2D eigenvalue weighted by atomic mass is 79.9. The van der Waals surface area contributed by atoms with Crippen LogP contribution in [0.4, 0.5) is 17.3 Å². The number of aromatic nitrogens is 2. The fourth-order valence-corrected chi connectivity index (χ4v) is 4.86. The van der Waals surface area contributed by atoms with Gasteiger partial charge in [0.05, 0.1) is 15.8 Å². The van der Waals surface area contributed by atoms with Gasteiger partial charge in [0.15, 0.2) is 0 Å². The first-order valence-electron chi connectivity index (χ1n) is 11.9. The van der Waals surface area contributed by atoms with Crippen LogP contribution < -0.4 is 15.5 Å². The second-order valence-corrected chi connectivity index (χ2v) is 10.1. The Morgan fingerprint density at radius 2 is 1.86 bits per heavy atom. The molecule has 2 aromatic rings. The number of likely N-dealkylation sites (tertiary alicyclic amines) is 1. The van der Waals surface area contributed by atoms with Crippen molar-refractivity contribution in [1.29, 1.82) is 0 Å². The van der Waals surface area contributed by atoms with Gasteiger partial charge < -0.3 is 25.3 Å². The predicted molar refractivity (Wildman–Crippen MR) is 142 cm³/mol. The summed E-state index contributed by atoms with van der Waals surface area (Å²) in [5, 5.41) is 6.22. The Kier molecular flexibility index (Phi) is 8.02. The first-order valence-corrected chi connectivity index (χ1v) is 12.7. The molecule has 9 nitrogen and oxygen atoms in total. The van der Waals surface area contributed by atoms with Crippen molar-refractivity contribution in [2.24, 2.45) is 0 Å². The number of nitrogens with one attached hydrogen (secondary N) is 2. The molecule has 2 N–H and O–H groups in total. The molecule has 0 spiro atoms. The average Bonchev–Trinajstić information content (AvgIpc) is 3.33. The zero-order chi connectivity index (χ0) is 24.9. The predicted octanol–water partition coefficient (Wildman–Crippen LogP) is 3.22. The number of hydrogen-bond acceptors (Lipinski definition) is 7. The minimum Gasteiger partial charge on any atom is -0.370 e. The summed E-state index contributed by atoms with van der Waals surface area (Å²) in [6, 6.07) is 6.15. The molecule has 3 heterocycles. The van der Waals surface area contributed by atoms with Gasteiger partial charge >= 0.3 is 0 Å². The third kappa shape index (κ3) is 6.18. The molecule has 0 unspecified atom stereocenters. The van der Waals surface area contributed by atoms with E-state index in [1.807, 2.05) is 17.0 Å². The quantitative estimate of drug-likeness (QED) is 0.519. The normalized spacial score (nSPS) is 18.6. The number of piperidine rings is 1. The van der Waals surface area contributed by atoms with E-state index in [9.17, 15) is 9.59 Å². The van der Waals surface area contributed by atoms with E-state index in [-0.39, 0.29) is 17.9 Å². The highest BCUT2D eigenvalue weighted by Crippen LogP contribution is 2.31. The molecular weight excluding hydrogens is 510 g/mol. The lowest BCUT2D eigenvalue weighted by atomic mass is 10.0. The van der Waals surface area contributed by atoms with Gasteiger partial charge in [0.2, 0.25) is 11.9 Å². The van der Waals surface area contributed by atoms with Crippen LogP contribution >= 0.6 is 15.9 Å². The van der Waals surface area contributed by atoms with Crippen molar-refractivity contribution in [3.05, 3.63) is 53.3 Å². The van der Waals surface area contributed by atoms with Gasteiger partial charge in [-0.15, -0.1) is 0 Å². The Bertz CT molecular complexity index is 1070. The van der Waals surface area contributed by atoms with Crippen LogP contribution in [0.3, 0.4) is 0 Å². The molecule has 35 heavy (non-hydrogen) atoms. The number of benzene rings is 1. The molecule has 2 fully saturated rings. The summed E-state index contributed by atoms with van der Waals surface area (Å²) in [5.41, 5.74) is 2.19. The van der Waals surface area contributed by atoms with Crippen LogP contribution in [0.25, 0.3) is 0 Å². The second kappa shape index (κ2) is 11.2. The minimum atomic E-state index is -0.267. The molecular formula is C25H32BrN7O2. The molecule has 0 aliphatic carbocycles. The number of halogens is 1. The Hall–Kier alpha value is -2.98. The van der Waals surface area contributed by atoms with Crippen LogP contribution in [0.5, 0.6) is 0 Å². The zero-order valence-corrected chi connectivity index (χ0v) is 21.8. The molecule has 2 amide bonds. The summed E-state index contributed by atoms with van der Waals surface area (Å²) < 4.78 is 0.820. The van der Waals surface area contributed by atoms with E-state index in [1.165, 1.54) is 6.08 Å². The molecule has 2 aliphatic rings. The lowest BCUT2D eigenvalue weighted by molar-refractivity contribution is -0.111. The molecule has 0 bridgehead atoms. The molecule has 2 aliphatic heterocycles. The molecule has 0 radical (unpaired) electrons. The van der Waals surface area contributed by atoms with E-state index in [4.69, 9.17) is 0 Å². The van der Waals surface area contributed by atoms with Gasteiger partial charge in [-0.05, 0) is 73.6 Å². The highest BCUT2D eigenvalue weighted by molar-refractivity contribution is 9.10. The number of carbonyl (C=O) groups is 2. The topological polar surface area (TPSA) is 93.7 Å². The van der Waals surface area contributed by atoms with Gasteiger partial charge in [0, 0.05) is 56.2 Å². The maximum Gasteiger partial charge on any atom is 0.254 e. The molecule has 186 valence electrons. The minimum absolute atomic E-state index is 0.0166. The summed E-state index contributed by atoms with van der Waals surface area (Å²) in [6.07, 6.45) is 7.53. The highest BCUT2D eigenvalue weighted by Gasteiger charge is 2.29. The Morgan fingerprint density at radius 1 is 1.14 bits per heavy atom. The van der Waals surface area contributed by atoms with Gasteiger partial charge in [-0.1, -0.05) is 6.58 Å². The number of hydrogen-bond donors (Lipinski definition) is 2. The average molecular weight is 542 g/mol. The second-order valence-electron chi connectivity index (χ2n) is 9.21. The van der Waals surface area contributed by atoms with E-state index in [1.54, 1.807) is 18.5 Å². The van der Waals surface area contributed by atoms with Crippen LogP contribution in [-0.2, 0) is 4.79 Å². The Labute approximate surface area is 214 Å². The van der Waals surface area contributed by atoms with Gasteiger partial charge in [-0.3, -0.25) is 9.59 Å². The smallest absolute Gasteiger partial charge is 0.254 e. The van der Waals surface area contributed by atoms with E-state index >= 15 is 0 Å². The molecule has 0 saturated carbocycles. The van der Waals surface area contributed by atoms with Crippen molar-refractivity contribution in [2.45, 2.75) is 31.3 Å². The van der Waals surface area contributed by atoms with Crippen molar-refractivity contribution in [3.8, 4) is 0 Å². The Balaban J connectivity index is 1.48. The Morgan fingerprint density at radius 3 is 2.51 bits per heavy atom. The van der Waals surface area contributed by atoms with Crippen molar-refractivity contribution >= 4 is 45.1 Å². The van der Waals surface area contributed by atoms with Crippen molar-refractivity contribution in [1.82, 2.24) is 19.8 Å². The summed E-state index contributed by atoms with van der Waals surface area (Å²) in [6.45, 7) is 6.52. The number of amides is 2. The van der Waals surface area contributed by atoms with Gasteiger partial charge in [0.25, 0.3) is 5.91 Å². The number of carbonyl (C=O) groups excluding carboxylic acids is 2. The maximum atomic E-state index is 13.4. The molecule has 1 aromatic carbocycles. The van der Waals surface area contributed by atoms with Crippen LogP contribution in [0, 0.1) is 0 Å². The fraction of sp³-hybridized carbons (Fsp3) is 0.440. The van der Waals surface area contributed by atoms with Gasteiger partial charge in [-0.2, -0.15) is 0 Å². The van der Waals surface area contributed by atoms with Crippen LogP contribution in [-0.4, -0.2) is 83.9 Å². The summed E-state index contributed by atoms with van der Waals surface area (Å²) >= 11 is 3.34. The van der Waals surface area contributed by atoms with Crippen molar-refractivity contribution in [2.75, 3.05) is 55.8 Å². The lowest BCUT2D eigenvalue weighted by Gasteiger charge is -2.37. The van der Waals surface area contributed by atoms with Crippen LogP contribution in [0.2, 0.25) is 0 Å². The summed E-state index contributed by atoms with van der Waals surface area (Å²) in [5.74, 6) is 0.271. The van der Waals surface area contributed by atoms with Crippen LogP contribution in [0.1, 0.15) is 29.6 Å². The molecule has 10 heteroatoms. The third-order valence-corrected chi connectivity index (χ3v) is 7.06. The van der Waals surface area contributed by atoms with Crippen molar-refractivity contribution < 1.29 is 9.59 Å². The van der Waals surface area contributed by atoms with Gasteiger partial charge in [0.1, 0.15) is 0 Å². The third-order valence-electron chi connectivity index (χ3n) is 6.65. The first kappa shape index (κ1) is 25.1. The van der Waals surface area contributed by atoms with E-state index in [2.05, 4.69) is 67.0 Å². The molecule has 1 atom stereocenters. The lowest BCUT2D eigenvalue weighted by Crippen LogP contribution is -2.42. The molecule has 2 saturated heterocycles. The first-order chi connectivity index (χ1) is 16.8. The molecule has 4 rings (SSSR count). The standard InChI is InChI=1S/C25H32BrN7O2/c1-4-23(34)30-21-6-5-17(13-22(21)32-11-8-20(9-12-32)31(2)3)24(35)33-10-7-19(16-33)29-25-27-14-18(26)15-28-25/h4-6,13-15,19-20H,1,7-12,16H2,2-3H3,(H,30,34)(H,27,28,29)/t19-/m1/s1. The number of nitrogens with zero attached hydrogens (tertiary/aromatic N) is 5. The zero-order valence-electron chi connectivity index (χ0n) is 20.2. The van der Waals surface area contributed by atoms with Crippen molar-refractivity contribution in [3.63, 3.8) is 0 Å². The SMILES string of the molecule is C=CC(=O)Nc1ccc(C(=O)N2CC[C@@H](Nc3ncc(Br)cn3)C2)cc1N1CCC(N(C)C)CC1. The summed E-state index contributed by atoms with van der Waals surface area (Å²) in [4.78, 5) is 40.3. The largest absolute Gasteiger partial charge is 0.370 e. The summed E-state index contributed by atoms with van der Waals surface area (Å²) in [7, 11) is 4.22. The molecule has 1 aromatic heterocycles. The van der Waals surface area contributed by atoms with Crippen LogP contribution in [0.15, 0.2) is 47.7 Å². The van der Waals surface area contributed by atoms with E-state index < -0.39 is 0 Å². The van der Waals surface area contributed by atoms with E-state index in [0.29, 0.717) is 36.3 Å². The number of anilines is 3. The maximum absolute atomic E-state index is 13.4. The van der Waals surface area contributed by atoms with E-state index in [0.717, 1.165) is 42.5 Å². The van der Waals surface area contributed by atoms with Gasteiger partial charge in [-0.25, -0.2) is 9.97 Å². The number of rotatable bonds is 7. The fourth-order valence-electron chi connectivity index (χ4n) is 4.65. The monoisotopic (exact) mass is 541 g/mol.